The number of nitro benzene ring substituents is 2. The maximum atomic E-state index is 13.1. The molecule has 0 heterocycles. The molecule has 0 saturated heterocycles. The van der Waals surface area contributed by atoms with Gasteiger partial charge in [0.05, 0.1) is 22.0 Å². The number of nitro groups is 2. The second kappa shape index (κ2) is 9.67. The van der Waals surface area contributed by atoms with E-state index in [4.69, 9.17) is 0 Å². The summed E-state index contributed by atoms with van der Waals surface area (Å²) in [5.74, 6) is -1.09. The van der Waals surface area contributed by atoms with Crippen molar-refractivity contribution in [3.8, 4) is 0 Å². The molecule has 0 aliphatic heterocycles. The molecule has 0 amide bonds. The standard InChI is InChI=1S/2C8H7BrFNO2/c1-5-2-6(4-9)7(10)3-8(5)11(12)13;1-5-2-6(4-9)8(11(12)13)3-7(5)10/h2*2-3H,4H2,1H3. The predicted molar refractivity (Wildman–Crippen MR) is 101 cm³/mol. The minimum absolute atomic E-state index is 0.179. The number of aryl methyl sites for hydroxylation is 2. The molecule has 0 radical (unpaired) electrons. The van der Waals surface area contributed by atoms with Crippen molar-refractivity contribution < 1.29 is 18.6 Å². The van der Waals surface area contributed by atoms with Crippen LogP contribution in [-0.2, 0) is 10.7 Å². The highest BCUT2D eigenvalue weighted by Gasteiger charge is 2.16. The SMILES string of the molecule is Cc1cc(CBr)c(F)cc1[N+](=O)[O-].Cc1cc(CBr)c([N+](=O)[O-])cc1F. The Balaban J connectivity index is 0.000000260. The Morgan fingerprint density at radius 1 is 0.808 bits per heavy atom. The minimum Gasteiger partial charge on any atom is -0.258 e. The highest BCUT2D eigenvalue weighted by molar-refractivity contribution is 9.08. The van der Waals surface area contributed by atoms with Crippen molar-refractivity contribution in [3.63, 3.8) is 0 Å². The maximum Gasteiger partial charge on any atom is 0.276 e. The molecule has 0 N–H and O–H groups in total. The molecule has 2 aromatic carbocycles. The lowest BCUT2D eigenvalue weighted by atomic mass is 10.1. The normalized spacial score (nSPS) is 10.1. The average Bonchev–Trinajstić information content (AvgIpc) is 2.58. The van der Waals surface area contributed by atoms with Gasteiger partial charge in [-0.05, 0) is 37.1 Å². The Kier molecular flexibility index (Phi) is 8.22. The van der Waals surface area contributed by atoms with E-state index in [2.05, 4.69) is 31.9 Å². The fourth-order valence-electron chi connectivity index (χ4n) is 2.04. The molecule has 0 fully saturated rings. The molecular weight excluding hydrogens is 482 g/mol. The Morgan fingerprint density at radius 2 is 1.27 bits per heavy atom. The number of alkyl halides is 2. The summed E-state index contributed by atoms with van der Waals surface area (Å²) < 4.78 is 26.0. The van der Waals surface area contributed by atoms with Gasteiger partial charge in [0.15, 0.2) is 0 Å². The van der Waals surface area contributed by atoms with E-state index in [9.17, 15) is 29.0 Å². The van der Waals surface area contributed by atoms with Gasteiger partial charge in [-0.3, -0.25) is 20.2 Å². The van der Waals surface area contributed by atoms with E-state index in [1.807, 2.05) is 0 Å². The van der Waals surface area contributed by atoms with E-state index in [1.165, 1.54) is 12.1 Å². The lowest BCUT2D eigenvalue weighted by molar-refractivity contribution is -0.385. The van der Waals surface area contributed by atoms with Crippen molar-refractivity contribution in [1.29, 1.82) is 0 Å². The number of halogens is 4. The number of hydrogen-bond donors (Lipinski definition) is 0. The fraction of sp³-hybridized carbons (Fsp3) is 0.250. The highest BCUT2D eigenvalue weighted by atomic mass is 79.9. The first-order chi connectivity index (χ1) is 12.1. The van der Waals surface area contributed by atoms with Crippen LogP contribution in [0.5, 0.6) is 0 Å². The predicted octanol–water partition coefficient (Wildman–Crippen LogP) is 5.87. The van der Waals surface area contributed by atoms with Crippen LogP contribution in [0.4, 0.5) is 20.2 Å². The number of rotatable bonds is 4. The van der Waals surface area contributed by atoms with Gasteiger partial charge in [0, 0.05) is 21.8 Å². The van der Waals surface area contributed by atoms with Gasteiger partial charge in [0.2, 0.25) is 0 Å². The largest absolute Gasteiger partial charge is 0.276 e. The monoisotopic (exact) mass is 494 g/mol. The summed E-state index contributed by atoms with van der Waals surface area (Å²) in [7, 11) is 0. The molecule has 0 atom stereocenters. The van der Waals surface area contributed by atoms with E-state index >= 15 is 0 Å². The Labute approximate surface area is 164 Å². The molecule has 10 heteroatoms. The van der Waals surface area contributed by atoms with Gasteiger partial charge in [0.25, 0.3) is 11.4 Å². The van der Waals surface area contributed by atoms with Crippen LogP contribution < -0.4 is 0 Å². The van der Waals surface area contributed by atoms with Gasteiger partial charge in [0.1, 0.15) is 11.6 Å². The lowest BCUT2D eigenvalue weighted by Gasteiger charge is -2.01. The van der Waals surface area contributed by atoms with E-state index in [1.54, 1.807) is 13.8 Å². The molecule has 6 nitrogen and oxygen atoms in total. The van der Waals surface area contributed by atoms with Crippen molar-refractivity contribution >= 4 is 43.2 Å². The van der Waals surface area contributed by atoms with Crippen LogP contribution in [0.3, 0.4) is 0 Å². The van der Waals surface area contributed by atoms with E-state index in [-0.39, 0.29) is 11.4 Å². The molecule has 2 rings (SSSR count). The van der Waals surface area contributed by atoms with Gasteiger partial charge < -0.3 is 0 Å². The summed E-state index contributed by atoms with van der Waals surface area (Å²) in [5.41, 5.74) is 1.45. The zero-order chi connectivity index (χ0) is 20.0. The average molecular weight is 496 g/mol. The molecule has 0 aromatic heterocycles. The fourth-order valence-corrected chi connectivity index (χ4v) is 2.92. The van der Waals surface area contributed by atoms with Crippen LogP contribution in [0.2, 0.25) is 0 Å². The minimum atomic E-state index is -0.587. The topological polar surface area (TPSA) is 86.3 Å². The van der Waals surface area contributed by atoms with Crippen LogP contribution in [-0.4, -0.2) is 9.85 Å². The molecule has 140 valence electrons. The van der Waals surface area contributed by atoms with Crippen molar-refractivity contribution in [2.45, 2.75) is 24.5 Å². The van der Waals surface area contributed by atoms with Crippen LogP contribution in [0.1, 0.15) is 22.3 Å². The molecule has 0 bridgehead atoms. The molecule has 26 heavy (non-hydrogen) atoms. The second-order valence-electron chi connectivity index (χ2n) is 5.24. The van der Waals surface area contributed by atoms with E-state index < -0.39 is 21.5 Å². The lowest BCUT2D eigenvalue weighted by Crippen LogP contribution is -1.96. The molecule has 0 spiro atoms. The van der Waals surface area contributed by atoms with Crippen LogP contribution in [0.15, 0.2) is 24.3 Å². The smallest absolute Gasteiger partial charge is 0.258 e. The van der Waals surface area contributed by atoms with Gasteiger partial charge in [-0.25, -0.2) is 8.78 Å². The third-order valence-corrected chi connectivity index (χ3v) is 4.61. The number of hydrogen-bond acceptors (Lipinski definition) is 4. The first-order valence-electron chi connectivity index (χ1n) is 7.11. The third-order valence-electron chi connectivity index (χ3n) is 3.41. The summed E-state index contributed by atoms with van der Waals surface area (Å²) >= 11 is 6.20. The molecule has 2 aromatic rings. The van der Waals surface area contributed by atoms with Crippen molar-refractivity contribution in [2.24, 2.45) is 0 Å². The molecule has 0 aliphatic rings. The maximum absolute atomic E-state index is 13.1. The Morgan fingerprint density at radius 3 is 1.73 bits per heavy atom. The van der Waals surface area contributed by atoms with Gasteiger partial charge >= 0.3 is 0 Å². The van der Waals surface area contributed by atoms with Gasteiger partial charge in [-0.2, -0.15) is 0 Å². The van der Waals surface area contributed by atoms with Crippen LogP contribution >= 0.6 is 31.9 Å². The van der Waals surface area contributed by atoms with E-state index in [0.29, 0.717) is 32.9 Å². The molecule has 0 saturated carbocycles. The zero-order valence-corrected chi connectivity index (χ0v) is 16.9. The Bertz CT molecular complexity index is 847. The zero-order valence-electron chi connectivity index (χ0n) is 13.8. The highest BCUT2D eigenvalue weighted by Crippen LogP contribution is 2.24. The van der Waals surface area contributed by atoms with Crippen molar-refractivity contribution in [3.05, 3.63) is 78.4 Å². The first kappa shape index (κ1) is 22.1. The van der Waals surface area contributed by atoms with Crippen molar-refractivity contribution in [1.82, 2.24) is 0 Å². The summed E-state index contributed by atoms with van der Waals surface area (Å²) in [6.07, 6.45) is 0. The molecule has 0 aliphatic carbocycles. The summed E-state index contributed by atoms with van der Waals surface area (Å²) in [6, 6.07) is 4.85. The second-order valence-corrected chi connectivity index (χ2v) is 6.36. The van der Waals surface area contributed by atoms with Gasteiger partial charge in [-0.15, -0.1) is 0 Å². The van der Waals surface area contributed by atoms with E-state index in [0.717, 1.165) is 12.1 Å². The van der Waals surface area contributed by atoms with Crippen LogP contribution in [0, 0.1) is 45.7 Å². The van der Waals surface area contributed by atoms with Gasteiger partial charge in [-0.1, -0.05) is 31.9 Å². The number of nitrogens with zero attached hydrogens (tertiary/aromatic N) is 2. The summed E-state index contributed by atoms with van der Waals surface area (Å²) in [6.45, 7) is 3.16. The summed E-state index contributed by atoms with van der Waals surface area (Å²) in [4.78, 5) is 19.7. The summed E-state index contributed by atoms with van der Waals surface area (Å²) in [5, 5.41) is 21.6. The van der Waals surface area contributed by atoms with Crippen LogP contribution in [0.25, 0.3) is 0 Å². The molecule has 0 unspecified atom stereocenters. The first-order valence-corrected chi connectivity index (χ1v) is 9.35. The van der Waals surface area contributed by atoms with Crippen molar-refractivity contribution in [2.75, 3.05) is 0 Å². The Hall–Kier alpha value is -1.94. The number of benzene rings is 2. The molecular formula is C16H14Br2F2N2O4. The third kappa shape index (κ3) is 5.53. The quantitative estimate of drug-likeness (QED) is 0.301.